The quantitative estimate of drug-likeness (QED) is 0.354. The number of hydrogen-bond acceptors (Lipinski definition) is 0. The second kappa shape index (κ2) is 9.69. The van der Waals surface area contributed by atoms with Gasteiger partial charge in [0.1, 0.15) is 0 Å². The van der Waals surface area contributed by atoms with E-state index in [9.17, 15) is 0 Å². The van der Waals surface area contributed by atoms with E-state index in [0.29, 0.717) is 5.41 Å². The van der Waals surface area contributed by atoms with E-state index >= 15 is 0 Å². The summed E-state index contributed by atoms with van der Waals surface area (Å²) in [5.41, 5.74) is 0.421. The summed E-state index contributed by atoms with van der Waals surface area (Å²) in [6.07, 6.45) is 18.2. The Hall–Kier alpha value is -0.520. The average Bonchev–Trinajstić information content (AvgIpc) is 2.19. The molecule has 0 aromatic rings. The molecule has 0 heterocycles. The Kier molecular flexibility index (Phi) is 9.37. The maximum atomic E-state index is 2.30. The molecule has 0 nitrogen and oxygen atoms in total. The molecule has 0 aromatic carbocycles. The molecule has 0 bridgehead atoms. The van der Waals surface area contributed by atoms with Crippen LogP contribution < -0.4 is 0 Å². The lowest BCUT2D eigenvalue weighted by Crippen LogP contribution is -2.01. The van der Waals surface area contributed by atoms with Gasteiger partial charge in [-0.15, -0.1) is 0 Å². The second-order valence-electron chi connectivity index (χ2n) is 5.82. The smallest absolute Gasteiger partial charge is 0.0299 e. The topological polar surface area (TPSA) is 0 Å². The second-order valence-corrected chi connectivity index (χ2v) is 5.82. The van der Waals surface area contributed by atoms with Crippen LogP contribution in [0.5, 0.6) is 0 Å². The first-order chi connectivity index (χ1) is 7.56. The third kappa shape index (κ3) is 13.5. The fourth-order valence-corrected chi connectivity index (χ4v) is 1.54. The van der Waals surface area contributed by atoms with Gasteiger partial charge in [-0.3, -0.25) is 0 Å². The zero-order chi connectivity index (χ0) is 12.3. The first kappa shape index (κ1) is 15.5. The van der Waals surface area contributed by atoms with Crippen molar-refractivity contribution in [2.45, 2.75) is 72.6 Å². The standard InChI is InChI=1S/C16H30/c1-5-6-7-8-9-10-11-12-13-14-15-16(2,3)4/h11-14H,5-10,15H2,1-4H3/b12-11-,14-13+. The number of unbranched alkanes of at least 4 members (excludes halogenated alkanes) is 5. The van der Waals surface area contributed by atoms with E-state index < -0.39 is 0 Å². The molecule has 0 saturated heterocycles. The first-order valence-electron chi connectivity index (χ1n) is 6.88. The third-order valence-electron chi connectivity index (χ3n) is 2.59. The van der Waals surface area contributed by atoms with Gasteiger partial charge in [0, 0.05) is 0 Å². The molecule has 0 aromatic heterocycles. The zero-order valence-corrected chi connectivity index (χ0v) is 11.8. The summed E-state index contributed by atoms with van der Waals surface area (Å²) in [5, 5.41) is 0. The fourth-order valence-electron chi connectivity index (χ4n) is 1.54. The molecule has 0 radical (unpaired) electrons. The molecule has 0 N–H and O–H groups in total. The van der Waals surface area contributed by atoms with Gasteiger partial charge in [-0.25, -0.2) is 0 Å². The third-order valence-corrected chi connectivity index (χ3v) is 2.59. The van der Waals surface area contributed by atoms with Crippen molar-refractivity contribution in [2.75, 3.05) is 0 Å². The van der Waals surface area contributed by atoms with Crippen LogP contribution in [-0.4, -0.2) is 0 Å². The molecule has 0 aliphatic carbocycles. The fraction of sp³-hybridized carbons (Fsp3) is 0.750. The van der Waals surface area contributed by atoms with Gasteiger partial charge in [0.25, 0.3) is 0 Å². The minimum Gasteiger partial charge on any atom is -0.0845 e. The summed E-state index contributed by atoms with van der Waals surface area (Å²) in [4.78, 5) is 0. The van der Waals surface area contributed by atoms with Gasteiger partial charge >= 0.3 is 0 Å². The van der Waals surface area contributed by atoms with E-state index in [4.69, 9.17) is 0 Å². The van der Waals surface area contributed by atoms with Crippen molar-refractivity contribution in [3.8, 4) is 0 Å². The normalized spacial score (nSPS) is 13.0. The maximum Gasteiger partial charge on any atom is -0.0299 e. The van der Waals surface area contributed by atoms with Crippen LogP contribution >= 0.6 is 0 Å². The molecule has 0 fully saturated rings. The average molecular weight is 222 g/mol. The van der Waals surface area contributed by atoms with E-state index in [2.05, 4.69) is 52.0 Å². The molecule has 0 amide bonds. The lowest BCUT2D eigenvalue weighted by atomic mass is 9.92. The number of rotatable bonds is 8. The molecule has 0 aliphatic heterocycles. The van der Waals surface area contributed by atoms with E-state index in [0.717, 1.165) is 6.42 Å². The largest absolute Gasteiger partial charge is 0.0845 e. The summed E-state index contributed by atoms with van der Waals surface area (Å²) < 4.78 is 0. The van der Waals surface area contributed by atoms with Gasteiger partial charge in [-0.2, -0.15) is 0 Å². The Morgan fingerprint density at radius 3 is 2.06 bits per heavy atom. The van der Waals surface area contributed by atoms with E-state index in [1.54, 1.807) is 0 Å². The number of allylic oxidation sites excluding steroid dienone is 4. The monoisotopic (exact) mass is 222 g/mol. The molecule has 0 saturated carbocycles. The van der Waals surface area contributed by atoms with Crippen LogP contribution in [0.15, 0.2) is 24.3 Å². The van der Waals surface area contributed by atoms with Crippen molar-refractivity contribution >= 4 is 0 Å². The summed E-state index contributed by atoms with van der Waals surface area (Å²) in [5.74, 6) is 0. The van der Waals surface area contributed by atoms with Crippen molar-refractivity contribution in [1.82, 2.24) is 0 Å². The van der Waals surface area contributed by atoms with Gasteiger partial charge in [0.2, 0.25) is 0 Å². The van der Waals surface area contributed by atoms with Gasteiger partial charge in [0.15, 0.2) is 0 Å². The van der Waals surface area contributed by atoms with Gasteiger partial charge in [-0.05, 0) is 24.7 Å². The van der Waals surface area contributed by atoms with E-state index in [1.807, 2.05) is 0 Å². The van der Waals surface area contributed by atoms with Crippen molar-refractivity contribution in [3.63, 3.8) is 0 Å². The van der Waals surface area contributed by atoms with Crippen LogP contribution in [0.4, 0.5) is 0 Å². The van der Waals surface area contributed by atoms with Crippen LogP contribution in [0.1, 0.15) is 72.6 Å². The molecule has 0 heteroatoms. The molecular weight excluding hydrogens is 192 g/mol. The highest BCUT2D eigenvalue weighted by molar-refractivity contribution is 5.03. The molecule has 0 rings (SSSR count). The Morgan fingerprint density at radius 2 is 1.44 bits per heavy atom. The highest BCUT2D eigenvalue weighted by Crippen LogP contribution is 2.18. The lowest BCUT2D eigenvalue weighted by Gasteiger charge is -2.13. The molecule has 0 atom stereocenters. The van der Waals surface area contributed by atoms with Gasteiger partial charge in [-0.1, -0.05) is 77.7 Å². The minimum absolute atomic E-state index is 0.421. The van der Waals surface area contributed by atoms with Crippen LogP contribution in [-0.2, 0) is 0 Å². The Bertz CT molecular complexity index is 191. The summed E-state index contributed by atoms with van der Waals surface area (Å²) >= 11 is 0. The number of hydrogen-bond donors (Lipinski definition) is 0. The van der Waals surface area contributed by atoms with Crippen molar-refractivity contribution < 1.29 is 0 Å². The van der Waals surface area contributed by atoms with E-state index in [-0.39, 0.29) is 0 Å². The molecule has 0 unspecified atom stereocenters. The Morgan fingerprint density at radius 1 is 0.812 bits per heavy atom. The molecule has 94 valence electrons. The summed E-state index contributed by atoms with van der Waals surface area (Å²) in [7, 11) is 0. The summed E-state index contributed by atoms with van der Waals surface area (Å²) in [6, 6.07) is 0. The van der Waals surface area contributed by atoms with Crippen molar-refractivity contribution in [1.29, 1.82) is 0 Å². The summed E-state index contributed by atoms with van der Waals surface area (Å²) in [6.45, 7) is 9.08. The zero-order valence-electron chi connectivity index (χ0n) is 11.8. The molecule has 16 heavy (non-hydrogen) atoms. The first-order valence-corrected chi connectivity index (χ1v) is 6.88. The van der Waals surface area contributed by atoms with Crippen LogP contribution in [0.2, 0.25) is 0 Å². The lowest BCUT2D eigenvalue weighted by molar-refractivity contribution is 0.420. The minimum atomic E-state index is 0.421. The predicted molar refractivity (Wildman–Crippen MR) is 75.7 cm³/mol. The molecular formula is C16H30. The van der Waals surface area contributed by atoms with Gasteiger partial charge < -0.3 is 0 Å². The predicted octanol–water partition coefficient (Wildman–Crippen LogP) is 5.90. The Balaban J connectivity index is 3.34. The van der Waals surface area contributed by atoms with Crippen LogP contribution in [0.25, 0.3) is 0 Å². The van der Waals surface area contributed by atoms with Crippen LogP contribution in [0, 0.1) is 5.41 Å². The molecule has 0 aliphatic rings. The van der Waals surface area contributed by atoms with Crippen molar-refractivity contribution in [3.05, 3.63) is 24.3 Å². The highest BCUT2D eigenvalue weighted by Gasteiger charge is 2.05. The van der Waals surface area contributed by atoms with E-state index in [1.165, 1.54) is 38.5 Å². The van der Waals surface area contributed by atoms with Crippen molar-refractivity contribution in [2.24, 2.45) is 5.41 Å². The SMILES string of the molecule is CCCCCCC/C=C\C=C\CC(C)(C)C. The molecule has 0 spiro atoms. The maximum absolute atomic E-state index is 2.30. The highest BCUT2D eigenvalue weighted by atomic mass is 14.1. The van der Waals surface area contributed by atoms with Gasteiger partial charge in [0.05, 0.1) is 0 Å². The Labute approximate surface area is 103 Å². The van der Waals surface area contributed by atoms with Crippen LogP contribution in [0.3, 0.4) is 0 Å².